The Hall–Kier alpha value is -2.04. The van der Waals surface area contributed by atoms with Crippen molar-refractivity contribution in [3.8, 4) is 0 Å². The van der Waals surface area contributed by atoms with Crippen molar-refractivity contribution < 1.29 is 14.7 Å². The van der Waals surface area contributed by atoms with Gasteiger partial charge in [-0.05, 0) is 30.4 Å². The first kappa shape index (κ1) is 15.4. The predicted molar refractivity (Wildman–Crippen MR) is 80.0 cm³/mol. The number of likely N-dealkylation sites (tertiary alicyclic amines) is 1. The molecule has 1 saturated heterocycles. The number of carbonyl (C=O) groups excluding carboxylic acids is 1. The fourth-order valence-corrected chi connectivity index (χ4v) is 2.86. The zero-order valence-corrected chi connectivity index (χ0v) is 12.3. The maximum atomic E-state index is 12.2. The number of carboxylic acid groups (broad SMARTS) is 1. The average Bonchev–Trinajstić information content (AvgIpc) is 2.92. The summed E-state index contributed by atoms with van der Waals surface area (Å²) < 4.78 is 0. The molecule has 5 nitrogen and oxygen atoms in total. The average molecular weight is 290 g/mol. The minimum atomic E-state index is -0.851. The van der Waals surface area contributed by atoms with E-state index in [1.165, 1.54) is 5.56 Å². The van der Waals surface area contributed by atoms with Crippen molar-refractivity contribution in [3.05, 3.63) is 35.4 Å². The van der Waals surface area contributed by atoms with Gasteiger partial charge in [-0.25, -0.2) is 4.79 Å². The third-order valence-corrected chi connectivity index (χ3v) is 3.98. The normalized spacial score (nSPS) is 17.8. The van der Waals surface area contributed by atoms with Gasteiger partial charge in [-0.2, -0.15) is 0 Å². The smallest absolute Gasteiger partial charge is 0.317 e. The van der Waals surface area contributed by atoms with Crippen molar-refractivity contribution in [2.24, 2.45) is 0 Å². The van der Waals surface area contributed by atoms with Crippen molar-refractivity contribution in [1.29, 1.82) is 0 Å². The summed E-state index contributed by atoms with van der Waals surface area (Å²) >= 11 is 0. The molecule has 1 aromatic carbocycles. The van der Waals surface area contributed by atoms with E-state index in [1.807, 2.05) is 18.2 Å². The number of benzene rings is 1. The highest BCUT2D eigenvalue weighted by atomic mass is 16.4. The van der Waals surface area contributed by atoms with Crippen molar-refractivity contribution in [2.45, 2.75) is 45.2 Å². The van der Waals surface area contributed by atoms with Gasteiger partial charge in [0.25, 0.3) is 0 Å². The number of carbonyl (C=O) groups is 2. The summed E-state index contributed by atoms with van der Waals surface area (Å²) in [7, 11) is 0. The summed E-state index contributed by atoms with van der Waals surface area (Å²) in [6, 6.07) is 7.69. The molecule has 21 heavy (non-hydrogen) atoms. The minimum Gasteiger partial charge on any atom is -0.481 e. The Morgan fingerprint density at radius 2 is 2.05 bits per heavy atom. The van der Waals surface area contributed by atoms with E-state index in [0.717, 1.165) is 24.8 Å². The van der Waals surface area contributed by atoms with Crippen LogP contribution in [0.5, 0.6) is 0 Å². The topological polar surface area (TPSA) is 69.6 Å². The molecule has 1 aliphatic heterocycles. The fourth-order valence-electron chi connectivity index (χ4n) is 2.86. The molecule has 0 aromatic heterocycles. The van der Waals surface area contributed by atoms with E-state index in [9.17, 15) is 9.59 Å². The molecule has 2 rings (SSSR count). The van der Waals surface area contributed by atoms with Gasteiger partial charge in [0.15, 0.2) is 0 Å². The van der Waals surface area contributed by atoms with Crippen LogP contribution < -0.4 is 5.32 Å². The second kappa shape index (κ2) is 7.11. The van der Waals surface area contributed by atoms with E-state index in [2.05, 4.69) is 18.3 Å². The quantitative estimate of drug-likeness (QED) is 0.875. The predicted octanol–water partition coefficient (Wildman–Crippen LogP) is 2.40. The number of amides is 2. The third-order valence-electron chi connectivity index (χ3n) is 3.98. The van der Waals surface area contributed by atoms with E-state index in [4.69, 9.17) is 5.11 Å². The van der Waals surface area contributed by atoms with Gasteiger partial charge in [-0.3, -0.25) is 4.79 Å². The summed E-state index contributed by atoms with van der Waals surface area (Å²) in [6.45, 7) is 3.21. The number of nitrogens with one attached hydrogen (secondary N) is 1. The van der Waals surface area contributed by atoms with Crippen LogP contribution in [0, 0.1) is 0 Å². The Morgan fingerprint density at radius 1 is 1.33 bits per heavy atom. The van der Waals surface area contributed by atoms with Gasteiger partial charge in [0.05, 0.1) is 6.42 Å². The van der Waals surface area contributed by atoms with Crippen LogP contribution in [0.25, 0.3) is 0 Å². The Kier molecular flexibility index (Phi) is 5.20. The molecule has 114 valence electrons. The molecule has 1 fully saturated rings. The molecule has 2 N–H and O–H groups in total. The molecule has 5 heteroatoms. The van der Waals surface area contributed by atoms with Crippen LogP contribution in [-0.4, -0.2) is 34.6 Å². The van der Waals surface area contributed by atoms with Crippen molar-refractivity contribution in [1.82, 2.24) is 10.2 Å². The van der Waals surface area contributed by atoms with Crippen molar-refractivity contribution in [2.75, 3.05) is 6.54 Å². The van der Waals surface area contributed by atoms with Crippen LogP contribution in [0.1, 0.15) is 37.3 Å². The molecule has 0 spiro atoms. The fraction of sp³-hybridized carbons (Fsp3) is 0.500. The van der Waals surface area contributed by atoms with E-state index in [1.54, 1.807) is 4.90 Å². The van der Waals surface area contributed by atoms with Gasteiger partial charge in [-0.15, -0.1) is 0 Å². The minimum absolute atomic E-state index is 0.0268. The SMILES string of the molecule is CCc1ccccc1CNC(=O)N1CCCC1CC(=O)O. The van der Waals surface area contributed by atoms with Crippen LogP contribution in [0.4, 0.5) is 4.79 Å². The van der Waals surface area contributed by atoms with E-state index in [-0.39, 0.29) is 18.5 Å². The van der Waals surface area contributed by atoms with Crippen LogP contribution in [-0.2, 0) is 17.8 Å². The second-order valence-electron chi connectivity index (χ2n) is 5.37. The Morgan fingerprint density at radius 3 is 2.71 bits per heavy atom. The number of aliphatic carboxylic acids is 1. The molecule has 0 radical (unpaired) electrons. The van der Waals surface area contributed by atoms with Gasteiger partial charge in [0.2, 0.25) is 0 Å². The number of rotatable bonds is 5. The first-order chi connectivity index (χ1) is 10.1. The summed E-state index contributed by atoms with van der Waals surface area (Å²) in [4.78, 5) is 24.7. The second-order valence-corrected chi connectivity index (χ2v) is 5.37. The molecule has 1 heterocycles. The number of nitrogens with zero attached hydrogens (tertiary/aromatic N) is 1. The molecular formula is C16H22N2O3. The monoisotopic (exact) mass is 290 g/mol. The van der Waals surface area contributed by atoms with Crippen LogP contribution in [0.2, 0.25) is 0 Å². The number of urea groups is 1. The zero-order chi connectivity index (χ0) is 15.2. The maximum absolute atomic E-state index is 12.2. The Balaban J connectivity index is 1.93. The Labute approximate surface area is 125 Å². The molecule has 0 saturated carbocycles. The molecule has 1 atom stereocenters. The van der Waals surface area contributed by atoms with Crippen molar-refractivity contribution in [3.63, 3.8) is 0 Å². The van der Waals surface area contributed by atoms with E-state index >= 15 is 0 Å². The highest BCUT2D eigenvalue weighted by Gasteiger charge is 2.30. The van der Waals surface area contributed by atoms with Crippen LogP contribution in [0.3, 0.4) is 0 Å². The third kappa shape index (κ3) is 3.97. The first-order valence-electron chi connectivity index (χ1n) is 7.45. The van der Waals surface area contributed by atoms with Gasteiger partial charge in [0.1, 0.15) is 0 Å². The lowest BCUT2D eigenvalue weighted by Crippen LogP contribution is -2.43. The largest absolute Gasteiger partial charge is 0.481 e. The van der Waals surface area contributed by atoms with E-state index < -0.39 is 5.97 Å². The van der Waals surface area contributed by atoms with E-state index in [0.29, 0.717) is 13.1 Å². The molecule has 1 unspecified atom stereocenters. The summed E-state index contributed by atoms with van der Waals surface area (Å²) in [6.07, 6.45) is 2.60. The number of aryl methyl sites for hydroxylation is 1. The Bertz CT molecular complexity index is 516. The molecule has 1 aliphatic rings. The molecule has 0 bridgehead atoms. The number of hydrogen-bond donors (Lipinski definition) is 2. The molecule has 0 aliphatic carbocycles. The lowest BCUT2D eigenvalue weighted by Gasteiger charge is -2.24. The van der Waals surface area contributed by atoms with Crippen molar-refractivity contribution >= 4 is 12.0 Å². The summed E-state index contributed by atoms with van der Waals surface area (Å²) in [5.74, 6) is -0.851. The molecule has 1 aromatic rings. The number of hydrogen-bond acceptors (Lipinski definition) is 2. The van der Waals surface area contributed by atoms with Gasteiger partial charge in [-0.1, -0.05) is 31.2 Å². The van der Waals surface area contributed by atoms with Crippen LogP contribution >= 0.6 is 0 Å². The van der Waals surface area contributed by atoms with Gasteiger partial charge in [0, 0.05) is 19.1 Å². The van der Waals surface area contributed by atoms with Crippen LogP contribution in [0.15, 0.2) is 24.3 Å². The first-order valence-corrected chi connectivity index (χ1v) is 7.45. The zero-order valence-electron chi connectivity index (χ0n) is 12.3. The lowest BCUT2D eigenvalue weighted by molar-refractivity contribution is -0.137. The maximum Gasteiger partial charge on any atom is 0.317 e. The lowest BCUT2D eigenvalue weighted by atomic mass is 10.1. The van der Waals surface area contributed by atoms with Gasteiger partial charge >= 0.3 is 12.0 Å². The summed E-state index contributed by atoms with van der Waals surface area (Å²) in [5.41, 5.74) is 2.34. The van der Waals surface area contributed by atoms with Gasteiger partial charge < -0.3 is 15.3 Å². The number of carboxylic acids is 1. The molecule has 2 amide bonds. The molecular weight excluding hydrogens is 268 g/mol. The standard InChI is InChI=1S/C16H22N2O3/c1-2-12-6-3-4-7-13(12)11-17-16(21)18-9-5-8-14(18)10-15(19)20/h3-4,6-7,14H,2,5,8-11H2,1H3,(H,17,21)(H,19,20). The highest BCUT2D eigenvalue weighted by molar-refractivity contribution is 5.76. The summed E-state index contributed by atoms with van der Waals surface area (Å²) in [5, 5.41) is 11.8. The highest BCUT2D eigenvalue weighted by Crippen LogP contribution is 2.20.